The summed E-state index contributed by atoms with van der Waals surface area (Å²) in [7, 11) is 5.92. The number of likely N-dealkylation sites (tertiary alicyclic amines) is 1. The first kappa shape index (κ1) is 17.4. The van der Waals surface area contributed by atoms with E-state index < -0.39 is 0 Å². The zero-order chi connectivity index (χ0) is 16.9. The minimum atomic E-state index is 0.852. The maximum Gasteiger partial charge on any atom is 0.144 e. The van der Waals surface area contributed by atoms with E-state index in [1.807, 2.05) is 7.05 Å². The van der Waals surface area contributed by atoms with Crippen molar-refractivity contribution >= 4 is 11.4 Å². The molecule has 0 aromatic heterocycles. The summed E-state index contributed by atoms with van der Waals surface area (Å²) in [6.07, 6.45) is 2.76. The highest BCUT2D eigenvalue weighted by Gasteiger charge is 2.23. The molecule has 1 aromatic carbocycles. The van der Waals surface area contributed by atoms with Gasteiger partial charge in [0.1, 0.15) is 5.75 Å². The number of methoxy groups -OCH3 is 1. The van der Waals surface area contributed by atoms with Gasteiger partial charge in [-0.15, -0.1) is 0 Å². The van der Waals surface area contributed by atoms with Gasteiger partial charge >= 0.3 is 0 Å². The van der Waals surface area contributed by atoms with E-state index in [2.05, 4.69) is 45.3 Å². The van der Waals surface area contributed by atoms with Gasteiger partial charge in [0.15, 0.2) is 0 Å². The summed E-state index contributed by atoms with van der Waals surface area (Å²) in [4.78, 5) is 7.62. The molecular formula is C19H32N4O. The molecule has 24 heavy (non-hydrogen) atoms. The molecule has 1 unspecified atom stereocenters. The summed E-state index contributed by atoms with van der Waals surface area (Å²) in [5.41, 5.74) is 2.31. The molecule has 2 saturated heterocycles. The lowest BCUT2D eigenvalue weighted by Crippen LogP contribution is -2.49. The minimum absolute atomic E-state index is 0.852. The van der Waals surface area contributed by atoms with Crippen LogP contribution in [-0.4, -0.2) is 76.8 Å². The van der Waals surface area contributed by atoms with Crippen LogP contribution in [0, 0.1) is 5.92 Å². The monoisotopic (exact) mass is 332 g/mol. The first-order valence-corrected chi connectivity index (χ1v) is 9.21. The van der Waals surface area contributed by atoms with Crippen molar-refractivity contribution in [3.8, 4) is 5.75 Å². The zero-order valence-electron chi connectivity index (χ0n) is 15.4. The lowest BCUT2D eigenvalue weighted by Gasteiger charge is -2.39. The van der Waals surface area contributed by atoms with Gasteiger partial charge in [-0.1, -0.05) is 0 Å². The molecule has 2 aliphatic heterocycles. The fourth-order valence-electron chi connectivity index (χ4n) is 4.06. The Kier molecular flexibility index (Phi) is 5.85. The van der Waals surface area contributed by atoms with E-state index in [0.717, 1.165) is 43.5 Å². The molecule has 1 N–H and O–H groups in total. The van der Waals surface area contributed by atoms with Crippen LogP contribution in [0.5, 0.6) is 5.75 Å². The van der Waals surface area contributed by atoms with Crippen LogP contribution in [0.25, 0.3) is 0 Å². The number of nitrogens with zero attached hydrogens (tertiary/aromatic N) is 3. The summed E-state index contributed by atoms with van der Waals surface area (Å²) in [5, 5.41) is 3.18. The van der Waals surface area contributed by atoms with Gasteiger partial charge in [0.05, 0.1) is 12.8 Å². The van der Waals surface area contributed by atoms with E-state index >= 15 is 0 Å². The van der Waals surface area contributed by atoms with Gasteiger partial charge in [0.25, 0.3) is 0 Å². The van der Waals surface area contributed by atoms with E-state index in [9.17, 15) is 0 Å². The van der Waals surface area contributed by atoms with Crippen molar-refractivity contribution in [2.24, 2.45) is 5.92 Å². The second-order valence-electron chi connectivity index (χ2n) is 7.19. The lowest BCUT2D eigenvalue weighted by atomic mass is 9.97. The van der Waals surface area contributed by atoms with Crippen molar-refractivity contribution < 1.29 is 4.74 Å². The third kappa shape index (κ3) is 4.14. The number of anilines is 2. The third-order valence-electron chi connectivity index (χ3n) is 5.43. The van der Waals surface area contributed by atoms with Crippen LogP contribution in [0.15, 0.2) is 18.2 Å². The Morgan fingerprint density at radius 1 is 1.17 bits per heavy atom. The normalized spacial score (nSPS) is 23.3. The fraction of sp³-hybridized carbons (Fsp3) is 0.684. The highest BCUT2D eigenvalue weighted by atomic mass is 16.5. The molecule has 2 fully saturated rings. The third-order valence-corrected chi connectivity index (χ3v) is 5.43. The molecular weight excluding hydrogens is 300 g/mol. The maximum absolute atomic E-state index is 5.50. The molecule has 1 atom stereocenters. The average Bonchev–Trinajstić information content (AvgIpc) is 2.62. The van der Waals surface area contributed by atoms with Crippen molar-refractivity contribution in [1.29, 1.82) is 0 Å². The van der Waals surface area contributed by atoms with Crippen LogP contribution in [0.3, 0.4) is 0 Å². The Balaban J connectivity index is 1.53. The second kappa shape index (κ2) is 8.08. The summed E-state index contributed by atoms with van der Waals surface area (Å²) >= 11 is 0. The van der Waals surface area contributed by atoms with Gasteiger partial charge < -0.3 is 19.9 Å². The summed E-state index contributed by atoms with van der Waals surface area (Å²) in [5.74, 6) is 1.77. The van der Waals surface area contributed by atoms with Crippen molar-refractivity contribution in [2.75, 3.05) is 77.2 Å². The molecule has 2 heterocycles. The second-order valence-corrected chi connectivity index (χ2v) is 7.19. The van der Waals surface area contributed by atoms with E-state index in [0.29, 0.717) is 0 Å². The van der Waals surface area contributed by atoms with Crippen molar-refractivity contribution in [3.05, 3.63) is 18.2 Å². The standard InChI is InChI=1S/C19H32N4O/c1-20-18-7-6-17(13-19(18)24-3)23-11-9-22(10-12-23)15-16-5-4-8-21(2)14-16/h6-7,13,16,20H,4-5,8-12,14-15H2,1-3H3. The number of hydrogen-bond donors (Lipinski definition) is 1. The molecule has 0 bridgehead atoms. The van der Waals surface area contributed by atoms with E-state index in [1.54, 1.807) is 7.11 Å². The van der Waals surface area contributed by atoms with Crippen LogP contribution in [-0.2, 0) is 0 Å². The number of ether oxygens (including phenoxy) is 1. The molecule has 0 saturated carbocycles. The summed E-state index contributed by atoms with van der Waals surface area (Å²) < 4.78 is 5.50. The van der Waals surface area contributed by atoms with Crippen molar-refractivity contribution in [1.82, 2.24) is 9.80 Å². The van der Waals surface area contributed by atoms with Crippen molar-refractivity contribution in [3.63, 3.8) is 0 Å². The Bertz CT molecular complexity index is 528. The molecule has 0 aliphatic carbocycles. The summed E-state index contributed by atoms with van der Waals surface area (Å²) in [6, 6.07) is 6.45. The fourth-order valence-corrected chi connectivity index (χ4v) is 4.06. The highest BCUT2D eigenvalue weighted by molar-refractivity contribution is 5.64. The largest absolute Gasteiger partial charge is 0.495 e. The number of rotatable bonds is 5. The maximum atomic E-state index is 5.50. The van der Waals surface area contributed by atoms with Gasteiger partial charge in [-0.25, -0.2) is 0 Å². The predicted octanol–water partition coefficient (Wildman–Crippen LogP) is 2.20. The lowest BCUT2D eigenvalue weighted by molar-refractivity contribution is 0.147. The van der Waals surface area contributed by atoms with E-state index in [1.165, 1.54) is 38.2 Å². The quantitative estimate of drug-likeness (QED) is 0.893. The molecule has 3 rings (SSSR count). The van der Waals surface area contributed by atoms with Crippen molar-refractivity contribution in [2.45, 2.75) is 12.8 Å². The molecule has 0 spiro atoms. The van der Waals surface area contributed by atoms with Gasteiger partial charge in [0, 0.05) is 58.1 Å². The average molecular weight is 332 g/mol. The molecule has 0 amide bonds. The molecule has 134 valence electrons. The van der Waals surface area contributed by atoms with Crippen LogP contribution in [0.2, 0.25) is 0 Å². The summed E-state index contributed by atoms with van der Waals surface area (Å²) in [6.45, 7) is 8.33. The van der Waals surface area contributed by atoms with Gasteiger partial charge in [-0.2, -0.15) is 0 Å². The molecule has 1 aromatic rings. The minimum Gasteiger partial charge on any atom is -0.495 e. The highest BCUT2D eigenvalue weighted by Crippen LogP contribution is 2.30. The van der Waals surface area contributed by atoms with E-state index in [4.69, 9.17) is 4.74 Å². The molecule has 2 aliphatic rings. The molecule has 5 nitrogen and oxygen atoms in total. The Labute approximate surface area is 146 Å². The van der Waals surface area contributed by atoms with Gasteiger partial charge in [-0.05, 0) is 44.5 Å². The van der Waals surface area contributed by atoms with Gasteiger partial charge in [-0.3, -0.25) is 4.90 Å². The van der Waals surface area contributed by atoms with Crippen LogP contribution < -0.4 is 15.0 Å². The first-order chi connectivity index (χ1) is 11.7. The van der Waals surface area contributed by atoms with Gasteiger partial charge in [0.2, 0.25) is 0 Å². The first-order valence-electron chi connectivity index (χ1n) is 9.21. The number of piperidine rings is 1. The Morgan fingerprint density at radius 2 is 1.96 bits per heavy atom. The van der Waals surface area contributed by atoms with Crippen LogP contribution in [0.4, 0.5) is 11.4 Å². The molecule has 5 heteroatoms. The Morgan fingerprint density at radius 3 is 2.62 bits per heavy atom. The molecule has 0 radical (unpaired) electrons. The zero-order valence-corrected chi connectivity index (χ0v) is 15.4. The SMILES string of the molecule is CNc1ccc(N2CCN(CC3CCCN(C)C3)CC2)cc1OC. The Hall–Kier alpha value is -1.46. The van der Waals surface area contributed by atoms with Crippen LogP contribution in [0.1, 0.15) is 12.8 Å². The topological polar surface area (TPSA) is 31.0 Å². The van der Waals surface area contributed by atoms with E-state index in [-0.39, 0.29) is 0 Å². The predicted molar refractivity (Wildman–Crippen MR) is 101 cm³/mol. The van der Waals surface area contributed by atoms with Crippen LogP contribution >= 0.6 is 0 Å². The number of hydrogen-bond acceptors (Lipinski definition) is 5. The number of benzene rings is 1. The number of piperazine rings is 1. The number of nitrogens with one attached hydrogen (secondary N) is 1. The smallest absolute Gasteiger partial charge is 0.144 e.